The van der Waals surface area contributed by atoms with Gasteiger partial charge in [0.15, 0.2) is 6.61 Å². The standard InChI is InChI=1S/C14H20N2O5/c1-2-16(8-3-9-17)14(20)15-11-4-6-12(7-5-11)21-10-13(18)19/h4-7,17H,2-3,8-10H2,1H3,(H,15,20)(H,18,19). The van der Waals surface area contributed by atoms with E-state index in [-0.39, 0.29) is 12.6 Å². The second-order valence-electron chi connectivity index (χ2n) is 4.29. The van der Waals surface area contributed by atoms with Gasteiger partial charge in [-0.2, -0.15) is 0 Å². The molecule has 0 aliphatic rings. The number of hydrogen-bond acceptors (Lipinski definition) is 4. The molecular weight excluding hydrogens is 276 g/mol. The van der Waals surface area contributed by atoms with Gasteiger partial charge in [0.05, 0.1) is 0 Å². The number of urea groups is 1. The summed E-state index contributed by atoms with van der Waals surface area (Å²) >= 11 is 0. The number of ether oxygens (including phenoxy) is 1. The number of aliphatic hydroxyl groups excluding tert-OH is 1. The Hall–Kier alpha value is -2.28. The maximum absolute atomic E-state index is 12.0. The highest BCUT2D eigenvalue weighted by Gasteiger charge is 2.11. The van der Waals surface area contributed by atoms with Gasteiger partial charge in [0.2, 0.25) is 0 Å². The van der Waals surface area contributed by atoms with Crippen LogP contribution in [0.1, 0.15) is 13.3 Å². The van der Waals surface area contributed by atoms with Crippen LogP contribution in [0.25, 0.3) is 0 Å². The molecule has 1 aromatic rings. The van der Waals surface area contributed by atoms with E-state index in [1.165, 1.54) is 0 Å². The van der Waals surface area contributed by atoms with Crippen LogP contribution in [0.5, 0.6) is 5.75 Å². The number of aliphatic hydroxyl groups is 1. The van der Waals surface area contributed by atoms with Gasteiger partial charge in [-0.05, 0) is 37.6 Å². The number of amides is 2. The first-order valence-electron chi connectivity index (χ1n) is 6.68. The fourth-order valence-corrected chi connectivity index (χ4v) is 1.65. The molecule has 0 bridgehead atoms. The Bertz CT molecular complexity index is 461. The third-order valence-electron chi connectivity index (χ3n) is 2.72. The number of carboxylic acids is 1. The zero-order valence-electron chi connectivity index (χ0n) is 11.9. The highest BCUT2D eigenvalue weighted by Crippen LogP contribution is 2.16. The van der Waals surface area contributed by atoms with E-state index in [9.17, 15) is 9.59 Å². The molecule has 0 saturated carbocycles. The van der Waals surface area contributed by atoms with Gasteiger partial charge in [-0.1, -0.05) is 0 Å². The Morgan fingerprint density at radius 2 is 1.95 bits per heavy atom. The summed E-state index contributed by atoms with van der Waals surface area (Å²) in [5.74, 6) is -0.627. The first-order chi connectivity index (χ1) is 10.1. The molecule has 0 radical (unpaired) electrons. The molecule has 2 amide bonds. The third kappa shape index (κ3) is 6.13. The summed E-state index contributed by atoms with van der Waals surface area (Å²) in [4.78, 5) is 23.9. The SMILES string of the molecule is CCN(CCCO)C(=O)Nc1ccc(OCC(=O)O)cc1. The Balaban J connectivity index is 2.53. The van der Waals surface area contributed by atoms with Crippen LogP contribution in [-0.4, -0.2) is 53.4 Å². The quantitative estimate of drug-likeness (QED) is 0.673. The van der Waals surface area contributed by atoms with Crippen LogP contribution in [0.3, 0.4) is 0 Å². The van der Waals surface area contributed by atoms with E-state index in [2.05, 4.69) is 5.32 Å². The Morgan fingerprint density at radius 1 is 1.29 bits per heavy atom. The molecule has 3 N–H and O–H groups in total. The van der Waals surface area contributed by atoms with Crippen molar-refractivity contribution in [3.05, 3.63) is 24.3 Å². The number of anilines is 1. The van der Waals surface area contributed by atoms with Crippen molar-refractivity contribution in [3.8, 4) is 5.75 Å². The van der Waals surface area contributed by atoms with E-state index in [0.717, 1.165) is 0 Å². The number of nitrogens with one attached hydrogen (secondary N) is 1. The second kappa shape index (κ2) is 8.80. The van der Waals surface area contributed by atoms with Gasteiger partial charge < -0.3 is 25.2 Å². The molecule has 7 heteroatoms. The summed E-state index contributed by atoms with van der Waals surface area (Å²) in [6, 6.07) is 6.19. The second-order valence-corrected chi connectivity index (χ2v) is 4.29. The normalized spacial score (nSPS) is 10.0. The highest BCUT2D eigenvalue weighted by molar-refractivity contribution is 5.89. The van der Waals surface area contributed by atoms with Crippen molar-refractivity contribution >= 4 is 17.7 Å². The van der Waals surface area contributed by atoms with Gasteiger partial charge >= 0.3 is 12.0 Å². The van der Waals surface area contributed by atoms with Gasteiger partial charge in [-0.15, -0.1) is 0 Å². The molecule has 0 aliphatic carbocycles. The summed E-state index contributed by atoms with van der Waals surface area (Å²) in [7, 11) is 0. The predicted molar refractivity (Wildman–Crippen MR) is 77.5 cm³/mol. The van der Waals surface area contributed by atoms with Crippen molar-refractivity contribution in [2.75, 3.05) is 31.6 Å². The Morgan fingerprint density at radius 3 is 2.48 bits per heavy atom. The van der Waals surface area contributed by atoms with Crippen LogP contribution in [0, 0.1) is 0 Å². The van der Waals surface area contributed by atoms with Gasteiger partial charge in [0.25, 0.3) is 0 Å². The topological polar surface area (TPSA) is 99.1 Å². The number of benzene rings is 1. The smallest absolute Gasteiger partial charge is 0.341 e. The van der Waals surface area contributed by atoms with E-state index in [1.807, 2.05) is 6.92 Å². The van der Waals surface area contributed by atoms with Crippen LogP contribution in [0.4, 0.5) is 10.5 Å². The fraction of sp³-hybridized carbons (Fsp3) is 0.429. The van der Waals surface area contributed by atoms with Crippen molar-refractivity contribution in [2.24, 2.45) is 0 Å². The fourth-order valence-electron chi connectivity index (χ4n) is 1.65. The third-order valence-corrected chi connectivity index (χ3v) is 2.72. The summed E-state index contributed by atoms with van der Waals surface area (Å²) in [6.45, 7) is 2.53. The first kappa shape index (κ1) is 16.8. The van der Waals surface area contributed by atoms with Crippen LogP contribution < -0.4 is 10.1 Å². The number of aliphatic carboxylic acids is 1. The number of carbonyl (C=O) groups is 2. The van der Waals surface area contributed by atoms with Crippen molar-refractivity contribution < 1.29 is 24.5 Å². The average Bonchev–Trinajstić information content (AvgIpc) is 2.47. The van der Waals surface area contributed by atoms with Crippen LogP contribution in [-0.2, 0) is 4.79 Å². The summed E-state index contributed by atoms with van der Waals surface area (Å²) in [5.41, 5.74) is 0.588. The average molecular weight is 296 g/mol. The summed E-state index contributed by atoms with van der Waals surface area (Å²) in [5, 5.41) is 20.0. The van der Waals surface area contributed by atoms with Crippen molar-refractivity contribution in [1.82, 2.24) is 4.90 Å². The molecule has 0 aromatic heterocycles. The molecule has 0 unspecified atom stereocenters. The van der Waals surface area contributed by atoms with Crippen LogP contribution in [0.2, 0.25) is 0 Å². The largest absolute Gasteiger partial charge is 0.482 e. The minimum Gasteiger partial charge on any atom is -0.482 e. The van der Waals surface area contributed by atoms with Gasteiger partial charge in [-0.3, -0.25) is 0 Å². The Kier molecular flexibility index (Phi) is 7.03. The van der Waals surface area contributed by atoms with E-state index >= 15 is 0 Å². The lowest BCUT2D eigenvalue weighted by Crippen LogP contribution is -2.35. The first-order valence-corrected chi connectivity index (χ1v) is 6.68. The lowest BCUT2D eigenvalue weighted by molar-refractivity contribution is -0.139. The van der Waals surface area contributed by atoms with Crippen LogP contribution >= 0.6 is 0 Å². The molecule has 116 valence electrons. The molecule has 0 atom stereocenters. The number of carboxylic acid groups (broad SMARTS) is 1. The minimum absolute atomic E-state index is 0.0411. The van der Waals surface area contributed by atoms with Crippen LogP contribution in [0.15, 0.2) is 24.3 Å². The number of rotatable bonds is 8. The van der Waals surface area contributed by atoms with Crippen molar-refractivity contribution in [3.63, 3.8) is 0 Å². The van der Waals surface area contributed by atoms with E-state index in [4.69, 9.17) is 14.9 Å². The zero-order chi connectivity index (χ0) is 15.7. The summed E-state index contributed by atoms with van der Waals surface area (Å²) in [6.07, 6.45) is 0.531. The maximum atomic E-state index is 12.0. The highest BCUT2D eigenvalue weighted by atomic mass is 16.5. The number of nitrogens with zero attached hydrogens (tertiary/aromatic N) is 1. The molecule has 0 aliphatic heterocycles. The van der Waals surface area contributed by atoms with E-state index < -0.39 is 12.6 Å². The zero-order valence-corrected chi connectivity index (χ0v) is 11.9. The lowest BCUT2D eigenvalue weighted by atomic mass is 10.3. The molecule has 0 fully saturated rings. The molecule has 0 heterocycles. The molecular formula is C14H20N2O5. The van der Waals surface area contributed by atoms with Gasteiger partial charge in [-0.25, -0.2) is 9.59 Å². The summed E-state index contributed by atoms with van der Waals surface area (Å²) < 4.78 is 5.00. The lowest BCUT2D eigenvalue weighted by Gasteiger charge is -2.21. The van der Waals surface area contributed by atoms with Gasteiger partial charge in [0.1, 0.15) is 5.75 Å². The van der Waals surface area contributed by atoms with E-state index in [0.29, 0.717) is 30.9 Å². The predicted octanol–water partition coefficient (Wildman–Crippen LogP) is 1.39. The minimum atomic E-state index is -1.05. The molecule has 7 nitrogen and oxygen atoms in total. The number of carbonyl (C=O) groups excluding carboxylic acids is 1. The molecule has 1 aromatic carbocycles. The molecule has 21 heavy (non-hydrogen) atoms. The van der Waals surface area contributed by atoms with Crippen molar-refractivity contribution in [2.45, 2.75) is 13.3 Å². The molecule has 1 rings (SSSR count). The van der Waals surface area contributed by atoms with Crippen molar-refractivity contribution in [1.29, 1.82) is 0 Å². The monoisotopic (exact) mass is 296 g/mol. The molecule has 0 spiro atoms. The van der Waals surface area contributed by atoms with Gasteiger partial charge in [0, 0.05) is 25.4 Å². The molecule has 0 saturated heterocycles. The van der Waals surface area contributed by atoms with E-state index in [1.54, 1.807) is 29.2 Å². The Labute approximate surface area is 123 Å². The number of hydrogen-bond donors (Lipinski definition) is 3. The maximum Gasteiger partial charge on any atom is 0.341 e.